The van der Waals surface area contributed by atoms with E-state index in [9.17, 15) is 9.18 Å². The molecule has 156 valence electrons. The van der Waals surface area contributed by atoms with Crippen LogP contribution in [-0.2, 0) is 4.74 Å². The molecule has 0 saturated carbocycles. The zero-order chi connectivity index (χ0) is 21.4. The smallest absolute Gasteiger partial charge is 0.414 e. The second-order valence-electron chi connectivity index (χ2n) is 7.32. The maximum atomic E-state index is 14.9. The largest absolute Gasteiger partial charge is 0.474 e. The molecule has 4 aromatic rings. The van der Waals surface area contributed by atoms with E-state index in [0.29, 0.717) is 17.3 Å². The standard InChI is InChI=1S/C23H19FN4O3/c1-15-4-2-6-22(26-15)30-14-18-12-28(23(29)31-18)17-7-8-21(19(24)10-17)27-11-16-5-3-9-25-20(16)13-27/h2-11,13,18H,12,14H2,1H3/t18-/m1/s1. The molecule has 1 amide bonds. The van der Waals surface area contributed by atoms with Crippen LogP contribution in [0.25, 0.3) is 16.6 Å². The molecule has 31 heavy (non-hydrogen) atoms. The summed E-state index contributed by atoms with van der Waals surface area (Å²) in [5.41, 5.74) is 2.42. The Morgan fingerprint density at radius 1 is 1.19 bits per heavy atom. The van der Waals surface area contributed by atoms with E-state index >= 15 is 0 Å². The van der Waals surface area contributed by atoms with Gasteiger partial charge in [-0.2, -0.15) is 0 Å². The molecular formula is C23H19FN4O3. The van der Waals surface area contributed by atoms with Gasteiger partial charge < -0.3 is 14.0 Å². The molecule has 3 aromatic heterocycles. The number of ether oxygens (including phenoxy) is 2. The Morgan fingerprint density at radius 3 is 2.90 bits per heavy atom. The van der Waals surface area contributed by atoms with E-state index in [1.54, 1.807) is 35.2 Å². The number of carbonyl (C=O) groups is 1. The summed E-state index contributed by atoms with van der Waals surface area (Å²) in [6, 6.07) is 13.9. The highest BCUT2D eigenvalue weighted by Gasteiger charge is 2.33. The molecule has 1 fully saturated rings. The normalized spacial score (nSPS) is 16.0. The molecule has 1 atom stereocenters. The Hall–Kier alpha value is -3.94. The molecule has 0 unspecified atom stereocenters. The molecule has 0 aliphatic carbocycles. The van der Waals surface area contributed by atoms with Gasteiger partial charge in [0.1, 0.15) is 12.4 Å². The maximum Gasteiger partial charge on any atom is 0.414 e. The molecule has 0 radical (unpaired) electrons. The van der Waals surface area contributed by atoms with Crippen LogP contribution in [0.1, 0.15) is 5.69 Å². The lowest BCUT2D eigenvalue weighted by molar-refractivity contribution is 0.103. The molecule has 1 aliphatic rings. The van der Waals surface area contributed by atoms with Gasteiger partial charge in [0.25, 0.3) is 0 Å². The van der Waals surface area contributed by atoms with Gasteiger partial charge >= 0.3 is 6.09 Å². The number of amides is 1. The van der Waals surface area contributed by atoms with Crippen LogP contribution in [0.2, 0.25) is 0 Å². The Bertz CT molecular complexity index is 1240. The highest BCUT2D eigenvalue weighted by Crippen LogP contribution is 2.27. The maximum absolute atomic E-state index is 14.9. The van der Waals surface area contributed by atoms with Gasteiger partial charge in [-0.1, -0.05) is 6.07 Å². The number of anilines is 1. The molecule has 1 saturated heterocycles. The Morgan fingerprint density at radius 2 is 2.10 bits per heavy atom. The van der Waals surface area contributed by atoms with Crippen molar-refractivity contribution in [2.24, 2.45) is 0 Å². The number of nitrogens with zero attached hydrogens (tertiary/aromatic N) is 4. The molecule has 7 nitrogen and oxygen atoms in total. The van der Waals surface area contributed by atoms with Crippen molar-refractivity contribution in [2.45, 2.75) is 13.0 Å². The first-order valence-corrected chi connectivity index (χ1v) is 9.84. The number of fused-ring (bicyclic) bond motifs is 1. The van der Waals surface area contributed by atoms with Crippen molar-refractivity contribution in [3.05, 3.63) is 78.6 Å². The second kappa shape index (κ2) is 7.71. The van der Waals surface area contributed by atoms with Gasteiger partial charge in [0.15, 0.2) is 6.10 Å². The van der Waals surface area contributed by atoms with Gasteiger partial charge in [0, 0.05) is 35.7 Å². The monoisotopic (exact) mass is 418 g/mol. The summed E-state index contributed by atoms with van der Waals surface area (Å²) in [5, 5.41) is 0.917. The second-order valence-corrected chi connectivity index (χ2v) is 7.32. The average Bonchev–Trinajstić information content (AvgIpc) is 3.35. The van der Waals surface area contributed by atoms with Crippen LogP contribution in [-0.4, -0.2) is 39.9 Å². The number of hydrogen-bond donors (Lipinski definition) is 0. The summed E-state index contributed by atoms with van der Waals surface area (Å²) in [5.74, 6) is 0.0211. The van der Waals surface area contributed by atoms with E-state index in [-0.39, 0.29) is 13.2 Å². The fourth-order valence-corrected chi connectivity index (χ4v) is 3.57. The molecule has 1 aromatic carbocycles. The van der Waals surface area contributed by atoms with Crippen LogP contribution in [0.5, 0.6) is 5.88 Å². The third kappa shape index (κ3) is 3.79. The van der Waals surface area contributed by atoms with Crippen LogP contribution in [0.3, 0.4) is 0 Å². The Kier molecular flexibility index (Phi) is 4.74. The number of cyclic esters (lactones) is 1. The lowest BCUT2D eigenvalue weighted by Gasteiger charge is -2.15. The van der Waals surface area contributed by atoms with Crippen LogP contribution < -0.4 is 9.64 Å². The summed E-state index contributed by atoms with van der Waals surface area (Å²) < 4.78 is 27.6. The van der Waals surface area contributed by atoms with Gasteiger partial charge in [0.05, 0.1) is 23.4 Å². The lowest BCUT2D eigenvalue weighted by atomic mass is 10.2. The molecule has 0 bridgehead atoms. The predicted molar refractivity (Wildman–Crippen MR) is 113 cm³/mol. The van der Waals surface area contributed by atoms with E-state index in [1.807, 2.05) is 37.4 Å². The third-order valence-corrected chi connectivity index (χ3v) is 5.09. The van der Waals surface area contributed by atoms with Crippen LogP contribution in [0.15, 0.2) is 67.1 Å². The van der Waals surface area contributed by atoms with E-state index in [4.69, 9.17) is 9.47 Å². The number of carbonyl (C=O) groups excluding carboxylic acids is 1. The van der Waals surface area contributed by atoms with Crippen molar-refractivity contribution in [3.8, 4) is 11.6 Å². The number of pyridine rings is 2. The quantitative estimate of drug-likeness (QED) is 0.484. The van der Waals surface area contributed by atoms with Crippen molar-refractivity contribution in [1.29, 1.82) is 0 Å². The molecule has 5 rings (SSSR count). The first kappa shape index (κ1) is 19.0. The summed E-state index contributed by atoms with van der Waals surface area (Å²) >= 11 is 0. The average molecular weight is 418 g/mol. The number of aromatic nitrogens is 3. The molecule has 8 heteroatoms. The highest BCUT2D eigenvalue weighted by atomic mass is 19.1. The van der Waals surface area contributed by atoms with Crippen LogP contribution >= 0.6 is 0 Å². The van der Waals surface area contributed by atoms with Crippen molar-refractivity contribution in [3.63, 3.8) is 0 Å². The summed E-state index contributed by atoms with van der Waals surface area (Å²) in [4.78, 5) is 22.3. The Balaban J connectivity index is 1.31. The minimum Gasteiger partial charge on any atom is -0.474 e. The SMILES string of the molecule is Cc1cccc(OC[C@H]2CN(c3ccc(-n4cc5cccnc5c4)c(F)c3)C(=O)O2)n1. The zero-order valence-electron chi connectivity index (χ0n) is 16.7. The van der Waals surface area contributed by atoms with Crippen LogP contribution in [0, 0.1) is 12.7 Å². The van der Waals surface area contributed by atoms with Crippen molar-refractivity contribution in [2.75, 3.05) is 18.1 Å². The van der Waals surface area contributed by atoms with Gasteiger partial charge in [-0.15, -0.1) is 0 Å². The topological polar surface area (TPSA) is 69.5 Å². The van der Waals surface area contributed by atoms with Gasteiger partial charge in [-0.25, -0.2) is 14.2 Å². The van der Waals surface area contributed by atoms with Gasteiger partial charge in [0.2, 0.25) is 5.88 Å². The molecular weight excluding hydrogens is 399 g/mol. The lowest BCUT2D eigenvalue weighted by Crippen LogP contribution is -2.26. The number of rotatable bonds is 5. The molecule has 1 aliphatic heterocycles. The van der Waals surface area contributed by atoms with Crippen LogP contribution in [0.4, 0.5) is 14.9 Å². The third-order valence-electron chi connectivity index (χ3n) is 5.09. The van der Waals surface area contributed by atoms with E-state index < -0.39 is 18.0 Å². The van der Waals surface area contributed by atoms with E-state index in [1.165, 1.54) is 11.0 Å². The van der Waals surface area contributed by atoms with Crippen molar-refractivity contribution in [1.82, 2.24) is 14.5 Å². The zero-order valence-corrected chi connectivity index (χ0v) is 16.7. The number of halogens is 1. The number of benzene rings is 1. The van der Waals surface area contributed by atoms with E-state index in [2.05, 4.69) is 9.97 Å². The molecule has 0 spiro atoms. The summed E-state index contributed by atoms with van der Waals surface area (Å²) in [6.07, 6.45) is 4.27. The number of aryl methyl sites for hydroxylation is 1. The highest BCUT2D eigenvalue weighted by molar-refractivity contribution is 5.90. The fourth-order valence-electron chi connectivity index (χ4n) is 3.57. The predicted octanol–water partition coefficient (Wildman–Crippen LogP) is 4.27. The first-order valence-electron chi connectivity index (χ1n) is 9.84. The molecule has 4 heterocycles. The first-order chi connectivity index (χ1) is 15.1. The minimum absolute atomic E-state index is 0.169. The summed E-state index contributed by atoms with van der Waals surface area (Å²) in [7, 11) is 0. The fraction of sp³-hybridized carbons (Fsp3) is 0.174. The van der Waals surface area contributed by atoms with E-state index in [0.717, 1.165) is 16.6 Å². The van der Waals surface area contributed by atoms with Crippen molar-refractivity contribution < 1.29 is 18.7 Å². The van der Waals surface area contributed by atoms with Gasteiger partial charge in [-0.3, -0.25) is 9.88 Å². The Labute approximate surface area is 177 Å². The van der Waals surface area contributed by atoms with Gasteiger partial charge in [-0.05, 0) is 43.3 Å². The molecule has 0 N–H and O–H groups in total. The summed E-state index contributed by atoms with van der Waals surface area (Å²) in [6.45, 7) is 2.30. The van der Waals surface area contributed by atoms with Crippen molar-refractivity contribution >= 4 is 22.7 Å². The minimum atomic E-state index is -0.533. The number of hydrogen-bond acceptors (Lipinski definition) is 5.